The average molecular weight is 409 g/mol. The molecule has 1 N–H and O–H groups in total. The molecule has 3 aromatic rings. The molecule has 0 aromatic carbocycles. The number of aromatic nitrogens is 3. The number of hydrogen-bond donors (Lipinski definition) is 1. The summed E-state index contributed by atoms with van der Waals surface area (Å²) in [6.07, 6.45) is 0. The highest BCUT2D eigenvalue weighted by Gasteiger charge is 2.26. The minimum absolute atomic E-state index is 0.265. The first-order chi connectivity index (χ1) is 12.6. The molecule has 1 atom stereocenters. The van der Waals surface area contributed by atoms with Crippen LogP contribution in [0.3, 0.4) is 0 Å². The van der Waals surface area contributed by atoms with Gasteiger partial charge in [0.25, 0.3) is 0 Å². The standard InChI is InChI=1S/C18H24N4O3S2/c1-7-22-13(5)18(11(3)19-22)12(4)21-27(23,24)17-9-16(26-14(17)6)15-8-10(2)20-25-15/h8-9,12,21H,7H2,1-6H3. The van der Waals surface area contributed by atoms with Crippen molar-refractivity contribution in [3.05, 3.63) is 39.7 Å². The number of rotatable bonds is 6. The summed E-state index contributed by atoms with van der Waals surface area (Å²) < 4.78 is 36.0. The van der Waals surface area contributed by atoms with Gasteiger partial charge in [0.15, 0.2) is 5.76 Å². The number of nitrogens with zero attached hydrogens (tertiary/aromatic N) is 3. The van der Waals surface area contributed by atoms with Gasteiger partial charge < -0.3 is 4.52 Å². The van der Waals surface area contributed by atoms with Crippen LogP contribution >= 0.6 is 11.3 Å². The van der Waals surface area contributed by atoms with Crippen LogP contribution in [0.25, 0.3) is 10.6 Å². The van der Waals surface area contributed by atoms with Crippen LogP contribution in [0, 0.1) is 27.7 Å². The fraction of sp³-hybridized carbons (Fsp3) is 0.444. The summed E-state index contributed by atoms with van der Waals surface area (Å²) in [5.74, 6) is 0.575. The van der Waals surface area contributed by atoms with E-state index in [9.17, 15) is 8.42 Å². The second-order valence-electron chi connectivity index (χ2n) is 6.61. The molecule has 0 bridgehead atoms. The van der Waals surface area contributed by atoms with Gasteiger partial charge in [-0.1, -0.05) is 5.16 Å². The quantitative estimate of drug-likeness (QED) is 0.668. The summed E-state index contributed by atoms with van der Waals surface area (Å²) in [6.45, 7) is 12.1. The Hall–Kier alpha value is -1.97. The highest BCUT2D eigenvalue weighted by molar-refractivity contribution is 7.89. The van der Waals surface area contributed by atoms with Gasteiger partial charge in [0.05, 0.1) is 21.2 Å². The molecule has 0 aliphatic heterocycles. The fourth-order valence-corrected chi connectivity index (χ4v) is 6.09. The second-order valence-corrected chi connectivity index (χ2v) is 9.55. The SMILES string of the molecule is CCn1nc(C)c(C(C)NS(=O)(=O)c2cc(-c3cc(C)no3)sc2C)c1C. The minimum atomic E-state index is -3.69. The summed E-state index contributed by atoms with van der Waals surface area (Å²) >= 11 is 1.38. The predicted molar refractivity (Wildman–Crippen MR) is 105 cm³/mol. The van der Waals surface area contributed by atoms with E-state index in [1.807, 2.05) is 39.3 Å². The summed E-state index contributed by atoms with van der Waals surface area (Å²) in [7, 11) is -3.69. The van der Waals surface area contributed by atoms with Gasteiger partial charge in [0.2, 0.25) is 10.0 Å². The lowest BCUT2D eigenvalue weighted by Gasteiger charge is -2.15. The molecule has 3 aromatic heterocycles. The smallest absolute Gasteiger partial charge is 0.242 e. The van der Waals surface area contributed by atoms with E-state index < -0.39 is 10.0 Å². The van der Waals surface area contributed by atoms with E-state index in [-0.39, 0.29) is 10.9 Å². The lowest BCUT2D eigenvalue weighted by Crippen LogP contribution is -2.27. The first-order valence-corrected chi connectivity index (χ1v) is 11.0. The number of hydrogen-bond acceptors (Lipinski definition) is 6. The maximum absolute atomic E-state index is 13.0. The Bertz CT molecular complexity index is 1080. The van der Waals surface area contributed by atoms with Crippen molar-refractivity contribution in [3.8, 4) is 10.6 Å². The van der Waals surface area contributed by atoms with Gasteiger partial charge in [-0.3, -0.25) is 4.68 Å². The van der Waals surface area contributed by atoms with Crippen molar-refractivity contribution in [2.75, 3.05) is 0 Å². The van der Waals surface area contributed by atoms with Crippen LogP contribution in [-0.2, 0) is 16.6 Å². The number of thiophene rings is 1. The van der Waals surface area contributed by atoms with E-state index in [2.05, 4.69) is 15.0 Å². The van der Waals surface area contributed by atoms with E-state index in [1.165, 1.54) is 11.3 Å². The molecule has 0 saturated carbocycles. The van der Waals surface area contributed by atoms with Crippen LogP contribution in [0.4, 0.5) is 0 Å². The monoisotopic (exact) mass is 408 g/mol. The van der Waals surface area contributed by atoms with Crippen molar-refractivity contribution in [3.63, 3.8) is 0 Å². The van der Waals surface area contributed by atoms with Gasteiger partial charge >= 0.3 is 0 Å². The van der Waals surface area contributed by atoms with E-state index >= 15 is 0 Å². The molecular weight excluding hydrogens is 384 g/mol. The Balaban J connectivity index is 1.91. The van der Waals surface area contributed by atoms with Crippen molar-refractivity contribution < 1.29 is 12.9 Å². The molecule has 7 nitrogen and oxygen atoms in total. The molecule has 0 spiro atoms. The third kappa shape index (κ3) is 3.71. The first kappa shape index (κ1) is 19.8. The van der Waals surface area contributed by atoms with Crippen LogP contribution in [0.15, 0.2) is 21.6 Å². The summed E-state index contributed by atoms with van der Waals surface area (Å²) in [6, 6.07) is 3.05. The third-order valence-electron chi connectivity index (χ3n) is 4.53. The van der Waals surface area contributed by atoms with Crippen LogP contribution in [0.2, 0.25) is 0 Å². The van der Waals surface area contributed by atoms with E-state index in [4.69, 9.17) is 4.52 Å². The summed E-state index contributed by atoms with van der Waals surface area (Å²) in [4.78, 5) is 1.71. The zero-order chi connectivity index (χ0) is 19.9. The molecular formula is C18H24N4O3S2. The zero-order valence-electron chi connectivity index (χ0n) is 16.3. The number of nitrogens with one attached hydrogen (secondary N) is 1. The van der Waals surface area contributed by atoms with Gasteiger partial charge in [0, 0.05) is 34.8 Å². The molecule has 27 heavy (non-hydrogen) atoms. The first-order valence-electron chi connectivity index (χ1n) is 8.74. The van der Waals surface area contributed by atoms with Crippen LogP contribution in [-0.4, -0.2) is 23.4 Å². The van der Waals surface area contributed by atoms with Crippen molar-refractivity contribution in [2.24, 2.45) is 0 Å². The second kappa shape index (κ2) is 7.21. The Morgan fingerprint density at radius 1 is 1.26 bits per heavy atom. The molecule has 3 rings (SSSR count). The summed E-state index contributed by atoms with van der Waals surface area (Å²) in [5, 5.41) is 8.35. The van der Waals surface area contributed by atoms with Crippen molar-refractivity contribution in [1.82, 2.24) is 19.7 Å². The van der Waals surface area contributed by atoms with Crippen molar-refractivity contribution >= 4 is 21.4 Å². The minimum Gasteiger partial charge on any atom is -0.355 e. The predicted octanol–water partition coefficient (Wildman–Crippen LogP) is 3.89. The maximum atomic E-state index is 13.0. The molecule has 0 aliphatic carbocycles. The molecule has 9 heteroatoms. The van der Waals surface area contributed by atoms with Gasteiger partial charge in [-0.2, -0.15) is 5.10 Å². The maximum Gasteiger partial charge on any atom is 0.242 e. The molecule has 3 heterocycles. The highest BCUT2D eigenvalue weighted by Crippen LogP contribution is 2.34. The average Bonchev–Trinajstić information content (AvgIpc) is 3.24. The van der Waals surface area contributed by atoms with E-state index in [1.54, 1.807) is 19.1 Å². The topological polar surface area (TPSA) is 90.0 Å². The zero-order valence-corrected chi connectivity index (χ0v) is 18.0. The van der Waals surface area contributed by atoms with Crippen molar-refractivity contribution in [2.45, 2.75) is 59.0 Å². The molecule has 0 amide bonds. The van der Waals surface area contributed by atoms with Crippen LogP contribution in [0.1, 0.15) is 47.4 Å². The molecule has 0 saturated heterocycles. The normalized spacial score (nSPS) is 13.3. The van der Waals surface area contributed by atoms with Crippen LogP contribution < -0.4 is 4.72 Å². The van der Waals surface area contributed by atoms with Gasteiger partial charge in [-0.05, 0) is 47.6 Å². The number of aryl methyl sites for hydroxylation is 4. The lowest BCUT2D eigenvalue weighted by atomic mass is 10.1. The molecule has 1 unspecified atom stereocenters. The molecule has 0 fully saturated rings. The van der Waals surface area contributed by atoms with E-state index in [0.29, 0.717) is 10.6 Å². The fourth-order valence-electron chi connectivity index (χ4n) is 3.33. The number of sulfonamides is 1. The third-order valence-corrected chi connectivity index (χ3v) is 7.40. The van der Waals surface area contributed by atoms with E-state index in [0.717, 1.165) is 34.1 Å². The van der Waals surface area contributed by atoms with Gasteiger partial charge in [-0.25, -0.2) is 13.1 Å². The summed E-state index contributed by atoms with van der Waals surface area (Å²) in [5.41, 5.74) is 3.49. The van der Waals surface area contributed by atoms with Crippen molar-refractivity contribution in [1.29, 1.82) is 0 Å². The Labute approximate surface area is 163 Å². The van der Waals surface area contributed by atoms with Gasteiger partial charge in [-0.15, -0.1) is 11.3 Å². The Kier molecular flexibility index (Phi) is 5.29. The molecule has 0 aliphatic rings. The Morgan fingerprint density at radius 2 is 1.96 bits per heavy atom. The molecule has 0 radical (unpaired) electrons. The Morgan fingerprint density at radius 3 is 2.52 bits per heavy atom. The molecule has 146 valence electrons. The van der Waals surface area contributed by atoms with Crippen LogP contribution in [0.5, 0.6) is 0 Å². The van der Waals surface area contributed by atoms with Gasteiger partial charge in [0.1, 0.15) is 0 Å². The largest absolute Gasteiger partial charge is 0.355 e. The lowest BCUT2D eigenvalue weighted by molar-refractivity contribution is 0.428. The highest BCUT2D eigenvalue weighted by atomic mass is 32.2.